The predicted octanol–water partition coefficient (Wildman–Crippen LogP) is 2.02. The maximum Gasteiger partial charge on any atom is 0.333 e. The van der Waals surface area contributed by atoms with Crippen molar-refractivity contribution in [3.05, 3.63) is 37.0 Å². The summed E-state index contributed by atoms with van der Waals surface area (Å²) in [5.41, 5.74) is -0.256. The summed E-state index contributed by atoms with van der Waals surface area (Å²) in [7, 11) is 1.22. The Labute approximate surface area is 155 Å². The minimum Gasteiger partial charge on any atom is -0.466 e. The number of carbonyl (C=O) groups is 2. The first-order valence-electron chi connectivity index (χ1n) is 8.61. The van der Waals surface area contributed by atoms with Gasteiger partial charge in [0, 0.05) is 11.5 Å². The molecule has 26 heavy (non-hydrogen) atoms. The van der Waals surface area contributed by atoms with E-state index in [1.165, 1.54) is 7.11 Å². The van der Waals surface area contributed by atoms with Gasteiger partial charge in [-0.05, 0) is 17.4 Å². The standard InChI is InChI=1S/C20H30O6/c1-8-20(6)9-14(26-18(23)11(2)3)15(13(5)19(24)25-7)17(22)16(20)12(4)10-21/h8,11,14-17,21-22H,1,4-5,9-10H2,2-3,6-7H3/t14-,15+,16+,17-,20-/m0/s1. The van der Waals surface area contributed by atoms with Gasteiger partial charge in [0.05, 0.1) is 31.7 Å². The molecule has 1 rings (SSSR count). The van der Waals surface area contributed by atoms with E-state index in [-0.39, 0.29) is 18.1 Å². The van der Waals surface area contributed by atoms with Crippen LogP contribution in [-0.4, -0.2) is 48.1 Å². The van der Waals surface area contributed by atoms with E-state index in [1.807, 2.05) is 6.92 Å². The number of methoxy groups -OCH3 is 1. The summed E-state index contributed by atoms with van der Waals surface area (Å²) in [6.07, 6.45) is 0.0334. The molecule has 0 aliphatic heterocycles. The van der Waals surface area contributed by atoms with Crippen LogP contribution in [0.25, 0.3) is 0 Å². The van der Waals surface area contributed by atoms with Crippen molar-refractivity contribution in [2.75, 3.05) is 13.7 Å². The molecule has 0 aromatic rings. The molecule has 1 saturated carbocycles. The van der Waals surface area contributed by atoms with Crippen molar-refractivity contribution in [1.82, 2.24) is 0 Å². The van der Waals surface area contributed by atoms with Gasteiger partial charge in [-0.25, -0.2) is 4.79 Å². The van der Waals surface area contributed by atoms with Crippen LogP contribution in [-0.2, 0) is 19.1 Å². The highest BCUT2D eigenvalue weighted by Gasteiger charge is 2.53. The summed E-state index contributed by atoms with van der Waals surface area (Å²) >= 11 is 0. The molecule has 6 nitrogen and oxygen atoms in total. The number of aliphatic hydroxyl groups excluding tert-OH is 2. The maximum atomic E-state index is 12.2. The molecule has 0 heterocycles. The second-order valence-corrected chi connectivity index (χ2v) is 7.37. The minimum absolute atomic E-state index is 0.0170. The lowest BCUT2D eigenvalue weighted by Gasteiger charge is -2.50. The number of hydrogen-bond donors (Lipinski definition) is 2. The zero-order valence-corrected chi connectivity index (χ0v) is 16.0. The first-order chi connectivity index (χ1) is 12.0. The lowest BCUT2D eigenvalue weighted by atomic mass is 9.58. The van der Waals surface area contributed by atoms with Gasteiger partial charge in [-0.15, -0.1) is 6.58 Å². The lowest BCUT2D eigenvalue weighted by molar-refractivity contribution is -0.168. The van der Waals surface area contributed by atoms with Crippen LogP contribution >= 0.6 is 0 Å². The highest BCUT2D eigenvalue weighted by Crippen LogP contribution is 2.50. The van der Waals surface area contributed by atoms with E-state index < -0.39 is 41.4 Å². The second-order valence-electron chi connectivity index (χ2n) is 7.37. The summed E-state index contributed by atoms with van der Waals surface area (Å²) in [5.74, 6) is -2.93. The van der Waals surface area contributed by atoms with E-state index in [2.05, 4.69) is 19.7 Å². The van der Waals surface area contributed by atoms with Crippen LogP contribution in [0.2, 0.25) is 0 Å². The third kappa shape index (κ3) is 4.24. The van der Waals surface area contributed by atoms with Crippen molar-refractivity contribution in [2.24, 2.45) is 23.2 Å². The third-order valence-corrected chi connectivity index (χ3v) is 5.16. The molecule has 1 aliphatic rings. The fourth-order valence-electron chi connectivity index (χ4n) is 3.62. The zero-order valence-electron chi connectivity index (χ0n) is 16.0. The normalized spacial score (nSPS) is 31.2. The highest BCUT2D eigenvalue weighted by atomic mass is 16.5. The Balaban J connectivity index is 3.39. The summed E-state index contributed by atoms with van der Waals surface area (Å²) in [4.78, 5) is 24.2. The largest absolute Gasteiger partial charge is 0.466 e. The summed E-state index contributed by atoms with van der Waals surface area (Å²) < 4.78 is 10.3. The first kappa shape index (κ1) is 22.1. The van der Waals surface area contributed by atoms with Crippen LogP contribution < -0.4 is 0 Å². The van der Waals surface area contributed by atoms with E-state index in [9.17, 15) is 19.8 Å². The van der Waals surface area contributed by atoms with Crippen molar-refractivity contribution < 1.29 is 29.3 Å². The predicted molar refractivity (Wildman–Crippen MR) is 98.0 cm³/mol. The molecule has 6 heteroatoms. The van der Waals surface area contributed by atoms with Crippen LogP contribution in [0.3, 0.4) is 0 Å². The molecule has 0 unspecified atom stereocenters. The van der Waals surface area contributed by atoms with Crippen LogP contribution in [0.1, 0.15) is 27.2 Å². The molecule has 1 aliphatic carbocycles. The number of hydrogen-bond acceptors (Lipinski definition) is 6. The number of rotatable bonds is 7. The lowest BCUT2D eigenvalue weighted by Crippen LogP contribution is -2.54. The number of carbonyl (C=O) groups excluding carboxylic acids is 2. The second kappa shape index (κ2) is 8.64. The molecule has 146 valence electrons. The van der Waals surface area contributed by atoms with Crippen LogP contribution in [0, 0.1) is 23.2 Å². The topological polar surface area (TPSA) is 93.1 Å². The number of esters is 2. The number of ether oxygens (including phenoxy) is 2. The molecule has 0 aromatic carbocycles. The Kier molecular flexibility index (Phi) is 7.35. The van der Waals surface area contributed by atoms with Crippen molar-refractivity contribution in [3.63, 3.8) is 0 Å². The van der Waals surface area contributed by atoms with Gasteiger partial charge in [0.2, 0.25) is 0 Å². The van der Waals surface area contributed by atoms with Gasteiger partial charge in [-0.2, -0.15) is 0 Å². The third-order valence-electron chi connectivity index (χ3n) is 5.16. The van der Waals surface area contributed by atoms with Crippen LogP contribution in [0.15, 0.2) is 37.0 Å². The SMILES string of the molecule is C=C[C@@]1(C)C[C@H](OC(=O)C(C)C)[C@@H](C(=C)C(=O)OC)[C@H](O)[C@H]1C(=C)CO. The van der Waals surface area contributed by atoms with E-state index >= 15 is 0 Å². The highest BCUT2D eigenvalue weighted by molar-refractivity contribution is 5.88. The fourth-order valence-corrected chi connectivity index (χ4v) is 3.62. The van der Waals surface area contributed by atoms with E-state index in [1.54, 1.807) is 19.9 Å². The average Bonchev–Trinajstić information content (AvgIpc) is 2.59. The molecular formula is C20H30O6. The van der Waals surface area contributed by atoms with E-state index in [0.717, 1.165) is 0 Å². The average molecular weight is 366 g/mol. The fraction of sp³-hybridized carbons (Fsp3) is 0.600. The van der Waals surface area contributed by atoms with Gasteiger partial charge in [0.15, 0.2) is 0 Å². The van der Waals surface area contributed by atoms with Gasteiger partial charge in [-0.1, -0.05) is 40.0 Å². The Morgan fingerprint density at radius 3 is 2.35 bits per heavy atom. The number of allylic oxidation sites excluding steroid dienone is 1. The Hall–Kier alpha value is -1.92. The monoisotopic (exact) mass is 366 g/mol. The van der Waals surface area contributed by atoms with Crippen molar-refractivity contribution >= 4 is 11.9 Å². The molecular weight excluding hydrogens is 336 g/mol. The molecule has 5 atom stereocenters. The summed E-state index contributed by atoms with van der Waals surface area (Å²) in [6, 6.07) is 0. The van der Waals surface area contributed by atoms with E-state index in [0.29, 0.717) is 12.0 Å². The van der Waals surface area contributed by atoms with Crippen molar-refractivity contribution in [1.29, 1.82) is 0 Å². The Morgan fingerprint density at radius 1 is 1.35 bits per heavy atom. The molecule has 1 fully saturated rings. The molecule has 0 aromatic heterocycles. The molecule has 0 bridgehead atoms. The smallest absolute Gasteiger partial charge is 0.333 e. The molecule has 0 spiro atoms. The van der Waals surface area contributed by atoms with Crippen molar-refractivity contribution in [2.45, 2.75) is 39.4 Å². The summed E-state index contributed by atoms with van der Waals surface area (Å²) in [6.45, 7) is 16.4. The van der Waals surface area contributed by atoms with Gasteiger partial charge >= 0.3 is 11.9 Å². The molecule has 0 saturated heterocycles. The van der Waals surface area contributed by atoms with Gasteiger partial charge in [-0.3, -0.25) is 4.79 Å². The molecule has 0 radical (unpaired) electrons. The van der Waals surface area contributed by atoms with Crippen LogP contribution in [0.4, 0.5) is 0 Å². The van der Waals surface area contributed by atoms with Crippen molar-refractivity contribution in [3.8, 4) is 0 Å². The molecule has 2 N–H and O–H groups in total. The Bertz CT molecular complexity index is 593. The van der Waals surface area contributed by atoms with Gasteiger partial charge < -0.3 is 19.7 Å². The van der Waals surface area contributed by atoms with Gasteiger partial charge in [0.1, 0.15) is 6.10 Å². The zero-order chi connectivity index (χ0) is 20.2. The van der Waals surface area contributed by atoms with Gasteiger partial charge in [0.25, 0.3) is 0 Å². The number of aliphatic hydroxyl groups is 2. The summed E-state index contributed by atoms with van der Waals surface area (Å²) in [5, 5.41) is 20.6. The van der Waals surface area contributed by atoms with Crippen LogP contribution in [0.5, 0.6) is 0 Å². The first-order valence-corrected chi connectivity index (χ1v) is 8.61. The van der Waals surface area contributed by atoms with E-state index in [4.69, 9.17) is 9.47 Å². The quantitative estimate of drug-likeness (QED) is 0.407. The maximum absolute atomic E-state index is 12.2. The minimum atomic E-state index is -1.15. The Morgan fingerprint density at radius 2 is 1.92 bits per heavy atom. The molecule has 0 amide bonds.